The molecule has 1 N–H and O–H groups in total. The van der Waals surface area contributed by atoms with Crippen molar-refractivity contribution >= 4 is 35.1 Å². The minimum Gasteiger partial charge on any atom is -0.478 e. The van der Waals surface area contributed by atoms with E-state index < -0.39 is 17.6 Å². The lowest BCUT2D eigenvalue weighted by Gasteiger charge is -2.03. The molecule has 0 amide bonds. The van der Waals surface area contributed by atoms with Gasteiger partial charge in [-0.05, 0) is 41.3 Å². The molecule has 104 valence electrons. The first-order chi connectivity index (χ1) is 9.56. The van der Waals surface area contributed by atoms with Gasteiger partial charge in [0, 0.05) is 21.6 Å². The van der Waals surface area contributed by atoms with Crippen molar-refractivity contribution in [2.24, 2.45) is 0 Å². The number of carboxylic acids is 1. The maximum Gasteiger partial charge on any atom is 0.328 e. The number of thioether (sulfide) groups is 1. The number of thiophene rings is 1. The molecule has 0 bridgehead atoms. The third-order valence-corrected chi connectivity index (χ3v) is 4.61. The van der Waals surface area contributed by atoms with E-state index in [0.717, 1.165) is 34.7 Å². The second kappa shape index (κ2) is 6.67. The zero-order chi connectivity index (χ0) is 14.5. The molecule has 0 spiro atoms. The van der Waals surface area contributed by atoms with Gasteiger partial charge in [0.1, 0.15) is 11.6 Å². The molecule has 20 heavy (non-hydrogen) atoms. The van der Waals surface area contributed by atoms with Crippen molar-refractivity contribution in [2.75, 3.05) is 0 Å². The standard InChI is InChI=1S/C14H10F2O2S2/c15-10-2-3-11(16)12(7-10)20-8-13-9(5-6-19-13)1-4-14(17)18/h1-7H,8H2,(H,17,18). The number of halogens is 2. The zero-order valence-corrected chi connectivity index (χ0v) is 11.8. The minimum absolute atomic E-state index is 0.242. The Morgan fingerprint density at radius 3 is 2.90 bits per heavy atom. The molecule has 1 heterocycles. The summed E-state index contributed by atoms with van der Waals surface area (Å²) in [5.74, 6) is -1.51. The summed E-state index contributed by atoms with van der Waals surface area (Å²) in [6.45, 7) is 0. The quantitative estimate of drug-likeness (QED) is 0.656. The van der Waals surface area contributed by atoms with Crippen molar-refractivity contribution in [3.8, 4) is 0 Å². The van der Waals surface area contributed by atoms with Gasteiger partial charge in [-0.25, -0.2) is 13.6 Å². The van der Waals surface area contributed by atoms with Crippen molar-refractivity contribution in [3.63, 3.8) is 0 Å². The van der Waals surface area contributed by atoms with Crippen molar-refractivity contribution < 1.29 is 18.7 Å². The molecule has 0 saturated heterocycles. The lowest BCUT2D eigenvalue weighted by Crippen LogP contribution is -1.87. The number of rotatable bonds is 5. The molecule has 0 atom stereocenters. The van der Waals surface area contributed by atoms with E-state index in [2.05, 4.69) is 0 Å². The van der Waals surface area contributed by atoms with E-state index in [1.54, 1.807) is 6.07 Å². The van der Waals surface area contributed by atoms with Crippen LogP contribution in [0.3, 0.4) is 0 Å². The van der Waals surface area contributed by atoms with Crippen LogP contribution in [-0.2, 0) is 10.5 Å². The van der Waals surface area contributed by atoms with Crippen LogP contribution in [0.1, 0.15) is 10.4 Å². The van der Waals surface area contributed by atoms with Gasteiger partial charge < -0.3 is 5.11 Å². The summed E-state index contributed by atoms with van der Waals surface area (Å²) in [4.78, 5) is 11.6. The predicted octanol–water partition coefficient (Wildman–Crippen LogP) is 4.42. The number of aliphatic carboxylic acids is 1. The SMILES string of the molecule is O=C(O)C=Cc1ccsc1CSc1cc(F)ccc1F. The van der Waals surface area contributed by atoms with E-state index in [4.69, 9.17) is 5.11 Å². The van der Waals surface area contributed by atoms with Crippen LogP contribution in [0, 0.1) is 11.6 Å². The monoisotopic (exact) mass is 312 g/mol. The fraction of sp³-hybridized carbons (Fsp3) is 0.0714. The summed E-state index contributed by atoms with van der Waals surface area (Å²) in [7, 11) is 0. The molecular formula is C14H10F2O2S2. The highest BCUT2D eigenvalue weighted by Crippen LogP contribution is 2.30. The van der Waals surface area contributed by atoms with Crippen molar-refractivity contribution in [3.05, 3.63) is 57.8 Å². The van der Waals surface area contributed by atoms with Crippen LogP contribution in [0.4, 0.5) is 8.78 Å². The lowest BCUT2D eigenvalue weighted by atomic mass is 10.2. The molecular weight excluding hydrogens is 302 g/mol. The fourth-order valence-electron chi connectivity index (χ4n) is 1.51. The number of hydrogen-bond donors (Lipinski definition) is 1. The van der Waals surface area contributed by atoms with E-state index in [-0.39, 0.29) is 4.90 Å². The minimum atomic E-state index is -1.02. The smallest absolute Gasteiger partial charge is 0.328 e. The Hall–Kier alpha value is -1.66. The maximum absolute atomic E-state index is 13.5. The van der Waals surface area contributed by atoms with Crippen molar-refractivity contribution in [1.82, 2.24) is 0 Å². The molecule has 0 aliphatic rings. The first kappa shape index (κ1) is 14.7. The molecule has 0 unspecified atom stereocenters. The topological polar surface area (TPSA) is 37.3 Å². The summed E-state index contributed by atoms with van der Waals surface area (Å²) < 4.78 is 26.5. The van der Waals surface area contributed by atoms with Crippen LogP contribution < -0.4 is 0 Å². The second-order valence-corrected chi connectivity index (χ2v) is 5.85. The molecule has 6 heteroatoms. The molecule has 2 aromatic rings. The van der Waals surface area contributed by atoms with Crippen LogP contribution in [0.15, 0.2) is 40.6 Å². The first-order valence-electron chi connectivity index (χ1n) is 5.61. The van der Waals surface area contributed by atoms with Gasteiger partial charge >= 0.3 is 5.97 Å². The molecule has 0 fully saturated rings. The van der Waals surface area contributed by atoms with E-state index in [9.17, 15) is 13.6 Å². The average Bonchev–Trinajstić information content (AvgIpc) is 2.85. The molecule has 0 radical (unpaired) electrons. The summed E-state index contributed by atoms with van der Waals surface area (Å²) in [5.41, 5.74) is 0.779. The van der Waals surface area contributed by atoms with E-state index in [1.165, 1.54) is 29.2 Å². The average molecular weight is 312 g/mol. The molecule has 0 aliphatic heterocycles. The van der Waals surface area contributed by atoms with Crippen LogP contribution in [0.2, 0.25) is 0 Å². The Kier molecular flexibility index (Phi) is 4.92. The fourth-order valence-corrected chi connectivity index (χ4v) is 3.46. The number of hydrogen-bond acceptors (Lipinski definition) is 3. The van der Waals surface area contributed by atoms with Gasteiger partial charge in [0.15, 0.2) is 0 Å². The summed E-state index contributed by atoms with van der Waals surface area (Å²) in [5, 5.41) is 10.4. The second-order valence-electron chi connectivity index (χ2n) is 3.83. The first-order valence-corrected chi connectivity index (χ1v) is 7.48. The number of carboxylic acid groups (broad SMARTS) is 1. The third-order valence-electron chi connectivity index (χ3n) is 2.44. The van der Waals surface area contributed by atoms with E-state index in [1.807, 2.05) is 5.38 Å². The Morgan fingerprint density at radius 2 is 2.15 bits per heavy atom. The number of benzene rings is 1. The molecule has 1 aromatic carbocycles. The lowest BCUT2D eigenvalue weighted by molar-refractivity contribution is -0.131. The van der Waals surface area contributed by atoms with Crippen molar-refractivity contribution in [2.45, 2.75) is 10.6 Å². The largest absolute Gasteiger partial charge is 0.478 e. The summed E-state index contributed by atoms with van der Waals surface area (Å²) in [6.07, 6.45) is 2.55. The highest BCUT2D eigenvalue weighted by Gasteiger charge is 2.08. The summed E-state index contributed by atoms with van der Waals surface area (Å²) >= 11 is 2.63. The van der Waals surface area contributed by atoms with Gasteiger partial charge in [0.25, 0.3) is 0 Å². The number of carbonyl (C=O) groups is 1. The highest BCUT2D eigenvalue weighted by molar-refractivity contribution is 7.98. The molecule has 1 aromatic heterocycles. The third kappa shape index (κ3) is 3.91. The van der Waals surface area contributed by atoms with Gasteiger partial charge in [-0.1, -0.05) is 0 Å². The van der Waals surface area contributed by atoms with Crippen LogP contribution >= 0.6 is 23.1 Å². The maximum atomic E-state index is 13.5. The Labute approximate surface area is 122 Å². The van der Waals surface area contributed by atoms with Gasteiger partial charge in [0.2, 0.25) is 0 Å². The summed E-state index contributed by atoms with van der Waals surface area (Å²) in [6, 6.07) is 5.12. The predicted molar refractivity (Wildman–Crippen MR) is 76.9 cm³/mol. The Morgan fingerprint density at radius 1 is 1.35 bits per heavy atom. The molecule has 2 nitrogen and oxygen atoms in total. The van der Waals surface area contributed by atoms with Gasteiger partial charge in [0.05, 0.1) is 0 Å². The van der Waals surface area contributed by atoms with Crippen LogP contribution in [-0.4, -0.2) is 11.1 Å². The highest BCUT2D eigenvalue weighted by atomic mass is 32.2. The van der Waals surface area contributed by atoms with Gasteiger partial charge in [-0.2, -0.15) is 0 Å². The van der Waals surface area contributed by atoms with Crippen LogP contribution in [0.5, 0.6) is 0 Å². The van der Waals surface area contributed by atoms with Gasteiger partial charge in [-0.3, -0.25) is 0 Å². The zero-order valence-electron chi connectivity index (χ0n) is 10.2. The Balaban J connectivity index is 2.10. The molecule has 2 rings (SSSR count). The normalized spacial score (nSPS) is 11.1. The van der Waals surface area contributed by atoms with Crippen LogP contribution in [0.25, 0.3) is 6.08 Å². The molecule has 0 saturated carbocycles. The molecule has 0 aliphatic carbocycles. The van der Waals surface area contributed by atoms with Gasteiger partial charge in [-0.15, -0.1) is 23.1 Å². The van der Waals surface area contributed by atoms with E-state index >= 15 is 0 Å². The van der Waals surface area contributed by atoms with E-state index in [0.29, 0.717) is 5.75 Å². The van der Waals surface area contributed by atoms with Crippen molar-refractivity contribution in [1.29, 1.82) is 0 Å². The Bertz CT molecular complexity index is 650.